The average molecular weight is 352 g/mol. The van der Waals surface area contributed by atoms with Crippen LogP contribution in [-0.2, 0) is 9.59 Å². The molecule has 26 heavy (non-hydrogen) atoms. The third-order valence-corrected chi connectivity index (χ3v) is 4.06. The summed E-state index contributed by atoms with van der Waals surface area (Å²) < 4.78 is 0. The van der Waals surface area contributed by atoms with Gasteiger partial charge in [-0.25, -0.2) is 0 Å². The summed E-state index contributed by atoms with van der Waals surface area (Å²) in [6.07, 6.45) is 5.24. The number of rotatable bonds is 5. The lowest BCUT2D eigenvalue weighted by atomic mass is 10.1. The molecule has 1 aliphatic carbocycles. The first kappa shape index (κ1) is 17.6. The van der Waals surface area contributed by atoms with E-state index in [4.69, 9.17) is 0 Å². The molecule has 1 fully saturated rings. The Morgan fingerprint density at radius 3 is 2.50 bits per heavy atom. The Balaban J connectivity index is 1.58. The molecule has 134 valence electrons. The first-order valence-corrected chi connectivity index (χ1v) is 8.45. The molecule has 0 aliphatic heterocycles. The predicted molar refractivity (Wildman–Crippen MR) is 96.4 cm³/mol. The van der Waals surface area contributed by atoms with Crippen molar-refractivity contribution in [3.63, 3.8) is 0 Å². The molecule has 1 aromatic carbocycles. The van der Waals surface area contributed by atoms with Crippen molar-refractivity contribution in [2.24, 2.45) is 0 Å². The van der Waals surface area contributed by atoms with Crippen LogP contribution in [0, 0.1) is 0 Å². The Morgan fingerprint density at radius 1 is 1.08 bits per heavy atom. The molecule has 2 aromatic rings. The minimum absolute atomic E-state index is 0.181. The van der Waals surface area contributed by atoms with Gasteiger partial charge in [-0.1, -0.05) is 6.07 Å². The molecule has 0 radical (unpaired) electrons. The van der Waals surface area contributed by atoms with E-state index in [0.29, 0.717) is 11.3 Å². The molecular formula is C19H20N4O3. The van der Waals surface area contributed by atoms with E-state index in [-0.39, 0.29) is 18.0 Å². The second-order valence-corrected chi connectivity index (χ2v) is 6.26. The number of nitrogens with zero attached hydrogens (tertiary/aromatic N) is 1. The van der Waals surface area contributed by atoms with Crippen LogP contribution in [0.2, 0.25) is 0 Å². The zero-order valence-electron chi connectivity index (χ0n) is 14.4. The smallest absolute Gasteiger partial charge is 0.313 e. The van der Waals surface area contributed by atoms with E-state index in [1.807, 2.05) is 0 Å². The molecule has 1 saturated carbocycles. The van der Waals surface area contributed by atoms with Crippen molar-refractivity contribution in [1.82, 2.24) is 15.6 Å². The van der Waals surface area contributed by atoms with Crippen LogP contribution in [0.3, 0.4) is 0 Å². The van der Waals surface area contributed by atoms with E-state index in [1.165, 1.54) is 0 Å². The highest BCUT2D eigenvalue weighted by atomic mass is 16.2. The summed E-state index contributed by atoms with van der Waals surface area (Å²) in [5, 5.41) is 8.03. The first-order valence-electron chi connectivity index (χ1n) is 8.45. The molecule has 3 rings (SSSR count). The molecule has 7 nitrogen and oxygen atoms in total. The number of benzene rings is 1. The quantitative estimate of drug-likeness (QED) is 0.714. The van der Waals surface area contributed by atoms with Gasteiger partial charge in [-0.3, -0.25) is 19.4 Å². The Morgan fingerprint density at radius 2 is 1.81 bits per heavy atom. The van der Waals surface area contributed by atoms with Crippen LogP contribution in [-0.4, -0.2) is 28.7 Å². The van der Waals surface area contributed by atoms with Gasteiger partial charge in [0.1, 0.15) is 0 Å². The second kappa shape index (κ2) is 7.77. The van der Waals surface area contributed by atoms with Gasteiger partial charge in [-0.05, 0) is 55.7 Å². The summed E-state index contributed by atoms with van der Waals surface area (Å²) in [7, 11) is 0. The number of hydrogen-bond acceptors (Lipinski definition) is 4. The van der Waals surface area contributed by atoms with Gasteiger partial charge in [0.05, 0.1) is 6.04 Å². The van der Waals surface area contributed by atoms with Crippen LogP contribution in [0.25, 0.3) is 0 Å². The van der Waals surface area contributed by atoms with Crippen molar-refractivity contribution in [2.45, 2.75) is 31.8 Å². The highest BCUT2D eigenvalue weighted by Gasteiger charge is 2.24. The topological polar surface area (TPSA) is 100 Å². The summed E-state index contributed by atoms with van der Waals surface area (Å²) in [6.45, 7) is 1.78. The Labute approximate surface area is 151 Å². The van der Waals surface area contributed by atoms with Gasteiger partial charge in [0, 0.05) is 29.7 Å². The SMILES string of the molecule is CC(NC(=O)C(=O)Nc1cccc(C(=O)NC2CC2)c1)c1ccncc1. The fourth-order valence-electron chi connectivity index (χ4n) is 2.42. The fourth-order valence-corrected chi connectivity index (χ4v) is 2.42. The minimum Gasteiger partial charge on any atom is -0.349 e. The maximum Gasteiger partial charge on any atom is 0.313 e. The van der Waals surface area contributed by atoms with E-state index in [0.717, 1.165) is 18.4 Å². The van der Waals surface area contributed by atoms with Gasteiger partial charge in [0.2, 0.25) is 0 Å². The minimum atomic E-state index is -0.786. The van der Waals surface area contributed by atoms with Crippen LogP contribution < -0.4 is 16.0 Å². The Kier molecular flexibility index (Phi) is 5.26. The standard InChI is InChI=1S/C19H20N4O3/c1-12(13-7-9-20-10-8-13)21-18(25)19(26)23-16-4-2-3-14(11-16)17(24)22-15-5-6-15/h2-4,7-12,15H,5-6H2,1H3,(H,21,25)(H,22,24)(H,23,26). The molecule has 1 aliphatic rings. The molecule has 1 atom stereocenters. The molecule has 0 saturated heterocycles. The van der Waals surface area contributed by atoms with E-state index < -0.39 is 11.8 Å². The van der Waals surface area contributed by atoms with E-state index in [2.05, 4.69) is 20.9 Å². The van der Waals surface area contributed by atoms with Gasteiger partial charge in [0.15, 0.2) is 0 Å². The predicted octanol–water partition coefficient (Wildman–Crippen LogP) is 1.79. The number of anilines is 1. The van der Waals surface area contributed by atoms with Gasteiger partial charge in [-0.15, -0.1) is 0 Å². The van der Waals surface area contributed by atoms with Crippen molar-refractivity contribution in [3.05, 3.63) is 59.9 Å². The summed E-state index contributed by atoms with van der Waals surface area (Å²) >= 11 is 0. The number of aromatic nitrogens is 1. The van der Waals surface area contributed by atoms with Crippen LogP contribution in [0.5, 0.6) is 0 Å². The van der Waals surface area contributed by atoms with E-state index in [1.54, 1.807) is 55.7 Å². The van der Waals surface area contributed by atoms with Crippen LogP contribution in [0.1, 0.15) is 41.7 Å². The Hall–Kier alpha value is -3.22. The lowest BCUT2D eigenvalue weighted by molar-refractivity contribution is -0.136. The third kappa shape index (κ3) is 4.66. The zero-order chi connectivity index (χ0) is 18.5. The van der Waals surface area contributed by atoms with Gasteiger partial charge in [0.25, 0.3) is 5.91 Å². The molecule has 3 N–H and O–H groups in total. The molecular weight excluding hydrogens is 332 g/mol. The summed E-state index contributed by atoms with van der Waals surface area (Å²) in [4.78, 5) is 40.2. The summed E-state index contributed by atoms with van der Waals surface area (Å²) in [5.41, 5.74) is 1.69. The molecule has 1 heterocycles. The maximum absolute atomic E-state index is 12.1. The van der Waals surface area contributed by atoms with Crippen molar-refractivity contribution in [2.75, 3.05) is 5.32 Å². The lowest BCUT2D eigenvalue weighted by Gasteiger charge is -2.14. The van der Waals surface area contributed by atoms with E-state index >= 15 is 0 Å². The number of nitrogens with one attached hydrogen (secondary N) is 3. The molecule has 1 aromatic heterocycles. The average Bonchev–Trinajstić information content (AvgIpc) is 3.46. The van der Waals surface area contributed by atoms with Crippen LogP contribution >= 0.6 is 0 Å². The first-order chi connectivity index (χ1) is 12.5. The van der Waals surface area contributed by atoms with Crippen molar-refractivity contribution in [3.8, 4) is 0 Å². The highest BCUT2D eigenvalue weighted by Crippen LogP contribution is 2.20. The number of carbonyl (C=O) groups excluding carboxylic acids is 3. The van der Waals surface area contributed by atoms with Crippen molar-refractivity contribution >= 4 is 23.4 Å². The number of hydrogen-bond donors (Lipinski definition) is 3. The van der Waals surface area contributed by atoms with Crippen molar-refractivity contribution < 1.29 is 14.4 Å². The highest BCUT2D eigenvalue weighted by molar-refractivity contribution is 6.39. The van der Waals surface area contributed by atoms with Gasteiger partial charge >= 0.3 is 11.8 Å². The molecule has 0 spiro atoms. The molecule has 7 heteroatoms. The van der Waals surface area contributed by atoms with Crippen molar-refractivity contribution in [1.29, 1.82) is 0 Å². The number of amides is 3. The van der Waals surface area contributed by atoms with E-state index in [9.17, 15) is 14.4 Å². The third-order valence-electron chi connectivity index (χ3n) is 4.06. The fraction of sp³-hybridized carbons (Fsp3) is 0.263. The molecule has 3 amide bonds. The molecule has 1 unspecified atom stereocenters. The number of carbonyl (C=O) groups is 3. The van der Waals surface area contributed by atoms with Crippen LogP contribution in [0.4, 0.5) is 5.69 Å². The zero-order valence-corrected chi connectivity index (χ0v) is 14.4. The largest absolute Gasteiger partial charge is 0.349 e. The number of pyridine rings is 1. The monoisotopic (exact) mass is 352 g/mol. The Bertz CT molecular complexity index is 819. The van der Waals surface area contributed by atoms with Gasteiger partial charge in [-0.2, -0.15) is 0 Å². The second-order valence-electron chi connectivity index (χ2n) is 6.26. The summed E-state index contributed by atoms with van der Waals surface area (Å²) in [6, 6.07) is 9.97. The van der Waals surface area contributed by atoms with Crippen LogP contribution in [0.15, 0.2) is 48.8 Å². The summed E-state index contributed by atoms with van der Waals surface area (Å²) in [5.74, 6) is -1.72. The normalized spacial score (nSPS) is 14.2. The molecule has 0 bridgehead atoms. The maximum atomic E-state index is 12.1. The lowest BCUT2D eigenvalue weighted by Crippen LogP contribution is -2.37. The van der Waals surface area contributed by atoms with Gasteiger partial charge < -0.3 is 16.0 Å².